The maximum absolute atomic E-state index is 14.7. The largest absolute Gasteiger partial charge is 0.378 e. The molecular formula is C29H38F2N2O. The highest BCUT2D eigenvalue weighted by molar-refractivity contribution is 5.54. The van der Waals surface area contributed by atoms with E-state index in [1.807, 2.05) is 18.2 Å². The van der Waals surface area contributed by atoms with Gasteiger partial charge in [0.25, 0.3) is 0 Å². The van der Waals surface area contributed by atoms with Gasteiger partial charge in [-0.1, -0.05) is 46.8 Å². The minimum atomic E-state index is -0.153. The maximum Gasteiger partial charge on any atom is 0.146 e. The van der Waals surface area contributed by atoms with E-state index in [2.05, 4.69) is 50.5 Å². The highest BCUT2D eigenvalue weighted by atomic mass is 19.1. The summed E-state index contributed by atoms with van der Waals surface area (Å²) >= 11 is 0. The normalized spacial score (nSPS) is 25.0. The maximum atomic E-state index is 14.7. The molecule has 2 atom stereocenters. The number of hydrogen-bond donors (Lipinski definition) is 0. The molecule has 0 amide bonds. The molecule has 2 saturated heterocycles. The number of piperidine rings is 1. The molecule has 2 unspecified atom stereocenters. The number of hydrogen-bond acceptors (Lipinski definition) is 3. The number of fused-ring (bicyclic) bond motifs is 1. The minimum absolute atomic E-state index is 0.00683. The number of nitrogens with zero attached hydrogens (tertiary/aromatic N) is 2. The number of benzene rings is 2. The van der Waals surface area contributed by atoms with Crippen LogP contribution in [0.15, 0.2) is 36.4 Å². The first kappa shape index (κ1) is 23.6. The zero-order valence-corrected chi connectivity index (χ0v) is 21.2. The van der Waals surface area contributed by atoms with Crippen LogP contribution in [-0.4, -0.2) is 39.4 Å². The Morgan fingerprint density at radius 2 is 1.32 bits per heavy atom. The Balaban J connectivity index is 1.26. The smallest absolute Gasteiger partial charge is 0.146 e. The quantitative estimate of drug-likeness (QED) is 0.524. The number of halogens is 2. The van der Waals surface area contributed by atoms with Gasteiger partial charge in [-0.3, -0.25) is 0 Å². The Morgan fingerprint density at radius 3 is 1.91 bits per heavy atom. The van der Waals surface area contributed by atoms with E-state index in [-0.39, 0.29) is 22.5 Å². The third-order valence-corrected chi connectivity index (χ3v) is 8.35. The lowest BCUT2D eigenvalue weighted by Gasteiger charge is -2.32. The molecule has 0 radical (unpaired) electrons. The molecule has 0 aromatic heterocycles. The summed E-state index contributed by atoms with van der Waals surface area (Å²) in [7, 11) is 0. The zero-order chi connectivity index (χ0) is 24.3. The summed E-state index contributed by atoms with van der Waals surface area (Å²) in [6.07, 6.45) is 1.08. The van der Waals surface area contributed by atoms with E-state index in [0.29, 0.717) is 36.7 Å². The van der Waals surface area contributed by atoms with Crippen molar-refractivity contribution in [2.75, 3.05) is 49.2 Å². The summed E-state index contributed by atoms with van der Waals surface area (Å²) < 4.78 is 34.7. The first-order valence-corrected chi connectivity index (χ1v) is 12.7. The van der Waals surface area contributed by atoms with E-state index in [1.54, 1.807) is 12.1 Å². The van der Waals surface area contributed by atoms with E-state index in [1.165, 1.54) is 11.1 Å². The third kappa shape index (κ3) is 4.44. The predicted octanol–water partition coefficient (Wildman–Crippen LogP) is 6.15. The fourth-order valence-corrected chi connectivity index (χ4v) is 6.06. The Labute approximate surface area is 203 Å². The van der Waals surface area contributed by atoms with Gasteiger partial charge in [-0.2, -0.15) is 0 Å². The zero-order valence-electron chi connectivity index (χ0n) is 21.2. The fraction of sp³-hybridized carbons (Fsp3) is 0.586. The van der Waals surface area contributed by atoms with Crippen molar-refractivity contribution in [2.24, 2.45) is 17.8 Å². The van der Waals surface area contributed by atoms with Gasteiger partial charge in [0.2, 0.25) is 0 Å². The molecule has 34 heavy (non-hydrogen) atoms. The molecule has 2 aromatic carbocycles. The molecule has 1 saturated carbocycles. The Kier molecular flexibility index (Phi) is 5.91. The second-order valence-corrected chi connectivity index (χ2v) is 12.2. The van der Waals surface area contributed by atoms with Gasteiger partial charge in [0.1, 0.15) is 11.6 Å². The van der Waals surface area contributed by atoms with Gasteiger partial charge in [0, 0.05) is 26.2 Å². The average molecular weight is 469 g/mol. The van der Waals surface area contributed by atoms with Gasteiger partial charge < -0.3 is 14.5 Å². The molecule has 3 nitrogen and oxygen atoms in total. The van der Waals surface area contributed by atoms with Crippen LogP contribution in [0.5, 0.6) is 0 Å². The molecule has 184 valence electrons. The molecule has 2 aliphatic heterocycles. The fourth-order valence-electron chi connectivity index (χ4n) is 6.06. The average Bonchev–Trinajstić information content (AvgIpc) is 3.21. The number of ether oxygens (including phenoxy) is 1. The third-order valence-electron chi connectivity index (χ3n) is 8.35. The van der Waals surface area contributed by atoms with E-state index in [0.717, 1.165) is 38.3 Å². The van der Waals surface area contributed by atoms with Crippen LogP contribution < -0.4 is 9.80 Å². The van der Waals surface area contributed by atoms with Crippen molar-refractivity contribution in [2.45, 2.75) is 51.9 Å². The molecule has 1 aliphatic carbocycles. The van der Waals surface area contributed by atoms with E-state index < -0.39 is 0 Å². The number of rotatable bonds is 5. The van der Waals surface area contributed by atoms with E-state index in [9.17, 15) is 8.78 Å². The van der Waals surface area contributed by atoms with Gasteiger partial charge in [0.15, 0.2) is 0 Å². The van der Waals surface area contributed by atoms with Crippen LogP contribution in [0.1, 0.15) is 52.2 Å². The predicted molar refractivity (Wildman–Crippen MR) is 135 cm³/mol. The van der Waals surface area contributed by atoms with Gasteiger partial charge in [-0.25, -0.2) is 8.78 Å². The van der Waals surface area contributed by atoms with Crippen LogP contribution in [0.4, 0.5) is 20.2 Å². The highest BCUT2D eigenvalue weighted by Gasteiger charge is 2.57. The first-order valence-electron chi connectivity index (χ1n) is 12.7. The van der Waals surface area contributed by atoms with Crippen molar-refractivity contribution >= 4 is 11.4 Å². The van der Waals surface area contributed by atoms with Crippen LogP contribution >= 0.6 is 0 Å². The molecule has 0 bridgehead atoms. The van der Waals surface area contributed by atoms with Gasteiger partial charge in [-0.15, -0.1) is 0 Å². The van der Waals surface area contributed by atoms with Crippen molar-refractivity contribution in [3.05, 3.63) is 59.2 Å². The van der Waals surface area contributed by atoms with Crippen LogP contribution in [0.3, 0.4) is 0 Å². The molecule has 0 spiro atoms. The van der Waals surface area contributed by atoms with Crippen molar-refractivity contribution < 1.29 is 13.5 Å². The van der Waals surface area contributed by atoms with Crippen LogP contribution in [0, 0.1) is 29.4 Å². The number of anilines is 2. The molecule has 2 aromatic rings. The number of morpholine rings is 1. The summed E-state index contributed by atoms with van der Waals surface area (Å²) in [6.45, 7) is 15.7. The van der Waals surface area contributed by atoms with Crippen LogP contribution in [0.2, 0.25) is 0 Å². The summed E-state index contributed by atoms with van der Waals surface area (Å²) in [6, 6.07) is 11.2. The van der Waals surface area contributed by atoms with Crippen LogP contribution in [0.25, 0.3) is 0 Å². The van der Waals surface area contributed by atoms with Crippen molar-refractivity contribution in [3.63, 3.8) is 0 Å². The monoisotopic (exact) mass is 468 g/mol. The Bertz CT molecular complexity index is 1040. The molecule has 5 heteroatoms. The lowest BCUT2D eigenvalue weighted by atomic mass is 9.79. The molecule has 3 fully saturated rings. The molecular weight excluding hydrogens is 430 g/mol. The van der Waals surface area contributed by atoms with Crippen molar-refractivity contribution in [1.82, 2.24) is 0 Å². The molecule has 3 aliphatic rings. The molecule has 2 heterocycles. The van der Waals surface area contributed by atoms with Crippen molar-refractivity contribution in [1.29, 1.82) is 0 Å². The highest BCUT2D eigenvalue weighted by Crippen LogP contribution is 2.57. The lowest BCUT2D eigenvalue weighted by molar-refractivity contribution is 0.122. The summed E-state index contributed by atoms with van der Waals surface area (Å²) in [5, 5.41) is 0. The summed E-state index contributed by atoms with van der Waals surface area (Å²) in [4.78, 5) is 4.35. The van der Waals surface area contributed by atoms with E-state index >= 15 is 0 Å². The Morgan fingerprint density at radius 1 is 0.794 bits per heavy atom. The minimum Gasteiger partial charge on any atom is -0.378 e. The standard InChI is InChI=1S/C29H38F2N2O/c1-28(2,3)19-6-8-25(31)27(14-19)33-17-22-21(23(22)18-33)16-29(4,5)20-7-9-24(30)26(15-20)32-10-12-34-13-11-32/h6-9,14-15,21-23H,10-13,16-18H2,1-5H3. The first-order chi connectivity index (χ1) is 16.0. The van der Waals surface area contributed by atoms with Gasteiger partial charge >= 0.3 is 0 Å². The molecule has 0 N–H and O–H groups in total. The second kappa shape index (κ2) is 8.51. The summed E-state index contributed by atoms with van der Waals surface area (Å²) in [5.41, 5.74) is 3.80. The Hall–Kier alpha value is -2.14. The van der Waals surface area contributed by atoms with Crippen LogP contribution in [-0.2, 0) is 15.6 Å². The second-order valence-electron chi connectivity index (χ2n) is 12.2. The van der Waals surface area contributed by atoms with E-state index in [4.69, 9.17) is 4.74 Å². The lowest BCUT2D eigenvalue weighted by Crippen LogP contribution is -2.37. The SMILES string of the molecule is CC(C)(C)c1ccc(F)c(N2CC3C(C2)C3CC(C)(C)c2ccc(F)c(N3CCOCC3)c2)c1. The van der Waals surface area contributed by atoms with Crippen molar-refractivity contribution in [3.8, 4) is 0 Å². The van der Waals surface area contributed by atoms with Gasteiger partial charge in [0.05, 0.1) is 24.6 Å². The molecule has 5 rings (SSSR count). The van der Waals surface area contributed by atoms with Gasteiger partial charge in [-0.05, 0) is 70.4 Å². The topological polar surface area (TPSA) is 15.7 Å². The summed E-state index contributed by atoms with van der Waals surface area (Å²) in [5.74, 6) is 1.62.